The van der Waals surface area contributed by atoms with Gasteiger partial charge in [0.1, 0.15) is 0 Å². The molecule has 108 valence electrons. The van der Waals surface area contributed by atoms with Crippen molar-refractivity contribution in [3.05, 3.63) is 28.2 Å². The van der Waals surface area contributed by atoms with Gasteiger partial charge in [0.25, 0.3) is 0 Å². The molecule has 1 aliphatic heterocycles. The summed E-state index contributed by atoms with van der Waals surface area (Å²) >= 11 is 11.8. The summed E-state index contributed by atoms with van der Waals surface area (Å²) in [7, 11) is 0. The van der Waals surface area contributed by atoms with Crippen LogP contribution >= 0.6 is 23.2 Å². The van der Waals surface area contributed by atoms with E-state index in [-0.39, 0.29) is 37.9 Å². The maximum Gasteiger partial charge on any atom is 0.227 e. The summed E-state index contributed by atoms with van der Waals surface area (Å²) in [6, 6.07) is 4.86. The molecule has 0 bridgehead atoms. The van der Waals surface area contributed by atoms with Crippen molar-refractivity contribution in [1.29, 1.82) is 0 Å². The minimum Gasteiger partial charge on any atom is -0.395 e. The van der Waals surface area contributed by atoms with E-state index in [2.05, 4.69) is 5.32 Å². The van der Waals surface area contributed by atoms with E-state index in [0.29, 0.717) is 15.7 Å². The number of carbonyl (C=O) groups excluding carboxylic acids is 2. The molecule has 2 rings (SSSR count). The number of hydrogen-bond acceptors (Lipinski definition) is 3. The minimum absolute atomic E-state index is 0.125. The van der Waals surface area contributed by atoms with Crippen LogP contribution in [0.5, 0.6) is 0 Å². The van der Waals surface area contributed by atoms with E-state index in [4.69, 9.17) is 28.3 Å². The molecule has 20 heavy (non-hydrogen) atoms. The summed E-state index contributed by atoms with van der Waals surface area (Å²) < 4.78 is 0. The Morgan fingerprint density at radius 3 is 2.60 bits per heavy atom. The Morgan fingerprint density at radius 1 is 1.35 bits per heavy atom. The summed E-state index contributed by atoms with van der Waals surface area (Å²) in [6.07, 6.45) is 0.140. The number of halogens is 2. The van der Waals surface area contributed by atoms with Crippen LogP contribution in [0.2, 0.25) is 10.0 Å². The van der Waals surface area contributed by atoms with Crippen LogP contribution in [-0.2, 0) is 9.59 Å². The summed E-state index contributed by atoms with van der Waals surface area (Å²) in [4.78, 5) is 25.3. The molecule has 1 aromatic rings. The molecule has 0 spiro atoms. The molecular formula is C13H14Cl2N2O3. The molecule has 0 aliphatic carbocycles. The van der Waals surface area contributed by atoms with Crippen molar-refractivity contribution in [3.63, 3.8) is 0 Å². The van der Waals surface area contributed by atoms with Crippen LogP contribution in [0, 0.1) is 5.92 Å². The Morgan fingerprint density at radius 2 is 2.00 bits per heavy atom. The molecule has 0 radical (unpaired) electrons. The summed E-state index contributed by atoms with van der Waals surface area (Å²) in [5, 5.41) is 12.1. The molecule has 1 unspecified atom stereocenters. The molecule has 1 heterocycles. The molecule has 0 saturated carbocycles. The van der Waals surface area contributed by atoms with Gasteiger partial charge < -0.3 is 15.3 Å². The fourth-order valence-electron chi connectivity index (χ4n) is 2.15. The summed E-state index contributed by atoms with van der Waals surface area (Å²) in [5.74, 6) is -0.803. The van der Waals surface area contributed by atoms with E-state index in [0.717, 1.165) is 0 Å². The molecule has 1 atom stereocenters. The number of carbonyl (C=O) groups is 2. The molecule has 1 fully saturated rings. The smallest absolute Gasteiger partial charge is 0.227 e. The number of amides is 2. The van der Waals surface area contributed by atoms with Gasteiger partial charge in [0.05, 0.1) is 12.5 Å². The van der Waals surface area contributed by atoms with E-state index in [1.807, 2.05) is 0 Å². The van der Waals surface area contributed by atoms with Gasteiger partial charge in [-0.1, -0.05) is 23.2 Å². The van der Waals surface area contributed by atoms with E-state index in [1.165, 1.54) is 4.90 Å². The van der Waals surface area contributed by atoms with Gasteiger partial charge >= 0.3 is 0 Å². The van der Waals surface area contributed by atoms with Crippen LogP contribution in [0.4, 0.5) is 5.69 Å². The van der Waals surface area contributed by atoms with Crippen LogP contribution in [0.3, 0.4) is 0 Å². The highest BCUT2D eigenvalue weighted by Crippen LogP contribution is 2.30. The number of rotatable bonds is 4. The number of aliphatic hydroxyl groups excluding tert-OH is 1. The highest BCUT2D eigenvalue weighted by atomic mass is 35.5. The standard InChI is InChI=1S/C13H14Cl2N2O3/c14-9-4-10(15)6-11(5-9)17-7-8(3-12(17)19)13(20)16-1-2-18/h4-6,8,18H,1-3,7H2,(H,16,20). The second-order valence-corrected chi connectivity index (χ2v) is 5.42. The van der Waals surface area contributed by atoms with Crippen molar-refractivity contribution in [2.75, 3.05) is 24.6 Å². The third kappa shape index (κ3) is 3.42. The molecule has 1 saturated heterocycles. The first kappa shape index (κ1) is 15.1. The summed E-state index contributed by atoms with van der Waals surface area (Å²) in [5.41, 5.74) is 0.588. The van der Waals surface area contributed by atoms with Gasteiger partial charge in [-0.25, -0.2) is 0 Å². The Bertz CT molecular complexity index is 516. The predicted molar refractivity (Wildman–Crippen MR) is 77.0 cm³/mol. The highest BCUT2D eigenvalue weighted by Gasteiger charge is 2.35. The largest absolute Gasteiger partial charge is 0.395 e. The highest BCUT2D eigenvalue weighted by molar-refractivity contribution is 6.35. The Labute approximate surface area is 126 Å². The van der Waals surface area contributed by atoms with Crippen molar-refractivity contribution in [2.45, 2.75) is 6.42 Å². The molecule has 1 aromatic carbocycles. The van der Waals surface area contributed by atoms with Crippen LogP contribution in [-0.4, -0.2) is 36.6 Å². The molecule has 5 nitrogen and oxygen atoms in total. The monoisotopic (exact) mass is 316 g/mol. The molecule has 0 aromatic heterocycles. The zero-order valence-corrected chi connectivity index (χ0v) is 12.1. The van der Waals surface area contributed by atoms with Gasteiger partial charge in [-0.3, -0.25) is 9.59 Å². The van der Waals surface area contributed by atoms with Gasteiger partial charge in [0.15, 0.2) is 0 Å². The average Bonchev–Trinajstić information content (AvgIpc) is 2.77. The van der Waals surface area contributed by atoms with Crippen LogP contribution in [0.15, 0.2) is 18.2 Å². The van der Waals surface area contributed by atoms with Gasteiger partial charge in [-0.15, -0.1) is 0 Å². The lowest BCUT2D eigenvalue weighted by Gasteiger charge is -2.17. The molecule has 7 heteroatoms. The number of hydrogen-bond donors (Lipinski definition) is 2. The fraction of sp³-hybridized carbons (Fsp3) is 0.385. The normalized spacial score (nSPS) is 18.4. The number of nitrogens with zero attached hydrogens (tertiary/aromatic N) is 1. The topological polar surface area (TPSA) is 69.6 Å². The Kier molecular flexibility index (Phi) is 4.86. The number of nitrogens with one attached hydrogen (secondary N) is 1. The number of anilines is 1. The zero-order chi connectivity index (χ0) is 14.7. The lowest BCUT2D eigenvalue weighted by molar-refractivity contribution is -0.126. The Hall–Kier alpha value is -1.30. The number of benzene rings is 1. The van der Waals surface area contributed by atoms with Crippen LogP contribution < -0.4 is 10.2 Å². The van der Waals surface area contributed by atoms with Crippen molar-refractivity contribution in [1.82, 2.24) is 5.32 Å². The maximum absolute atomic E-state index is 12.0. The first-order chi connectivity index (χ1) is 9.51. The van der Waals surface area contributed by atoms with E-state index < -0.39 is 5.92 Å². The minimum atomic E-state index is -0.424. The second-order valence-electron chi connectivity index (χ2n) is 4.55. The van der Waals surface area contributed by atoms with Crippen molar-refractivity contribution in [2.24, 2.45) is 5.92 Å². The van der Waals surface area contributed by atoms with Crippen molar-refractivity contribution < 1.29 is 14.7 Å². The lowest BCUT2D eigenvalue weighted by Crippen LogP contribution is -2.34. The lowest BCUT2D eigenvalue weighted by atomic mass is 10.1. The van der Waals surface area contributed by atoms with Crippen LogP contribution in [0.25, 0.3) is 0 Å². The quantitative estimate of drug-likeness (QED) is 0.883. The number of aliphatic hydroxyl groups is 1. The molecule has 2 amide bonds. The van der Waals surface area contributed by atoms with Gasteiger partial charge in [-0.2, -0.15) is 0 Å². The van der Waals surface area contributed by atoms with Gasteiger partial charge in [0, 0.05) is 35.2 Å². The van der Waals surface area contributed by atoms with E-state index >= 15 is 0 Å². The second kappa shape index (κ2) is 6.43. The predicted octanol–water partition coefficient (Wildman–Crippen LogP) is 1.45. The first-order valence-corrected chi connectivity index (χ1v) is 6.92. The average molecular weight is 317 g/mol. The molecular weight excluding hydrogens is 303 g/mol. The summed E-state index contributed by atoms with van der Waals surface area (Å²) in [6.45, 7) is 0.347. The first-order valence-electron chi connectivity index (χ1n) is 6.16. The van der Waals surface area contributed by atoms with E-state index in [1.54, 1.807) is 18.2 Å². The van der Waals surface area contributed by atoms with Gasteiger partial charge in [0.2, 0.25) is 11.8 Å². The third-order valence-corrected chi connectivity index (χ3v) is 3.50. The molecule has 1 aliphatic rings. The van der Waals surface area contributed by atoms with Crippen molar-refractivity contribution in [3.8, 4) is 0 Å². The SMILES string of the molecule is O=C(NCCO)C1CC(=O)N(c2cc(Cl)cc(Cl)c2)C1. The van der Waals surface area contributed by atoms with Crippen LogP contribution in [0.1, 0.15) is 6.42 Å². The fourth-order valence-corrected chi connectivity index (χ4v) is 2.67. The van der Waals surface area contributed by atoms with Gasteiger partial charge in [-0.05, 0) is 18.2 Å². The zero-order valence-electron chi connectivity index (χ0n) is 10.6. The molecule has 2 N–H and O–H groups in total. The van der Waals surface area contributed by atoms with E-state index in [9.17, 15) is 9.59 Å². The Balaban J connectivity index is 2.11. The maximum atomic E-state index is 12.0. The van der Waals surface area contributed by atoms with Crippen molar-refractivity contribution >= 4 is 40.7 Å². The third-order valence-electron chi connectivity index (χ3n) is 3.07.